The number of nitrogens with one attached hydrogen (secondary N) is 1. The minimum absolute atomic E-state index is 0.0738. The zero-order valence-electron chi connectivity index (χ0n) is 12.9. The number of para-hydroxylation sites is 2. The number of benzene rings is 2. The summed E-state index contributed by atoms with van der Waals surface area (Å²) in [6, 6.07) is 13.3. The predicted molar refractivity (Wildman–Crippen MR) is 104 cm³/mol. The number of fused-ring (bicyclic) bond motifs is 1. The van der Waals surface area contributed by atoms with Gasteiger partial charge in [-0.2, -0.15) is 0 Å². The van der Waals surface area contributed by atoms with Gasteiger partial charge in [-0.3, -0.25) is 9.36 Å². The fraction of sp³-hybridized carbons (Fsp3) is 0.176. The van der Waals surface area contributed by atoms with Crippen molar-refractivity contribution in [1.29, 1.82) is 0 Å². The molecule has 0 spiro atoms. The second-order valence-corrected chi connectivity index (χ2v) is 6.85. The lowest BCUT2D eigenvalue weighted by Gasteiger charge is -2.09. The van der Waals surface area contributed by atoms with Crippen LogP contribution in [0.25, 0.3) is 11.0 Å². The number of hydrogen-bond acceptors (Lipinski definition) is 2. The Balaban J connectivity index is 1.92. The number of carbonyl (C=O) groups excluding carboxylic acids is 1. The van der Waals surface area contributed by atoms with E-state index in [4.69, 9.17) is 11.6 Å². The number of imidazole rings is 1. The highest BCUT2D eigenvalue weighted by molar-refractivity contribution is 14.1. The van der Waals surface area contributed by atoms with Crippen LogP contribution in [-0.4, -0.2) is 13.3 Å². The van der Waals surface area contributed by atoms with Crippen LogP contribution in [-0.2, 0) is 17.9 Å². The Morgan fingerprint density at radius 1 is 1.21 bits per heavy atom. The lowest BCUT2D eigenvalue weighted by molar-refractivity contribution is -0.119. The molecule has 24 heavy (non-hydrogen) atoms. The van der Waals surface area contributed by atoms with E-state index >= 15 is 0 Å². The summed E-state index contributed by atoms with van der Waals surface area (Å²) in [6.07, 6.45) is 0. The van der Waals surface area contributed by atoms with Crippen LogP contribution in [0.4, 0.5) is 0 Å². The fourth-order valence-electron chi connectivity index (χ4n) is 2.56. The quantitative estimate of drug-likeness (QED) is 0.614. The number of carbonyl (C=O) groups is 1. The number of aromatic nitrogens is 2. The Bertz CT molecular complexity index is 978. The Morgan fingerprint density at radius 3 is 2.58 bits per heavy atom. The third-order valence-corrected chi connectivity index (χ3v) is 5.05. The highest BCUT2D eigenvalue weighted by Crippen LogP contribution is 2.20. The van der Waals surface area contributed by atoms with Crippen LogP contribution in [0.3, 0.4) is 0 Å². The molecule has 0 radical (unpaired) electrons. The van der Waals surface area contributed by atoms with Crippen LogP contribution in [0.1, 0.15) is 18.1 Å². The highest BCUT2D eigenvalue weighted by atomic mass is 127. The van der Waals surface area contributed by atoms with Crippen LogP contribution in [0.2, 0.25) is 5.02 Å². The Kier molecular flexibility index (Phi) is 4.96. The van der Waals surface area contributed by atoms with E-state index in [1.807, 2.05) is 65.3 Å². The van der Waals surface area contributed by atoms with Gasteiger partial charge in [-0.15, -0.1) is 0 Å². The van der Waals surface area contributed by atoms with Crippen molar-refractivity contribution in [3.63, 3.8) is 0 Å². The summed E-state index contributed by atoms with van der Waals surface area (Å²) in [5, 5.41) is 3.30. The van der Waals surface area contributed by atoms with Gasteiger partial charge in [0.15, 0.2) is 0 Å². The van der Waals surface area contributed by atoms with Gasteiger partial charge in [0.05, 0.1) is 40.4 Å². The second-order valence-electron chi connectivity index (χ2n) is 5.47. The highest BCUT2D eigenvalue weighted by Gasteiger charge is 2.12. The van der Waals surface area contributed by atoms with E-state index in [-0.39, 0.29) is 11.6 Å². The molecule has 5 nitrogen and oxygen atoms in total. The summed E-state index contributed by atoms with van der Waals surface area (Å²) in [5.74, 6) is -0.100. The molecule has 0 saturated heterocycles. The molecule has 0 aliphatic heterocycles. The maximum atomic E-state index is 12.5. The monoisotopic (exact) mass is 455 g/mol. The molecule has 0 unspecified atom stereocenters. The zero-order chi connectivity index (χ0) is 17.3. The standard InChI is InChI=1S/C17H15ClIN3O2/c1-11(23)20-9-13-7-6-12(8-14(13)18)10-21-15-4-2-3-5-16(15)22(19)17(21)24/h2-8H,9-10H2,1H3,(H,20,23). The van der Waals surface area contributed by atoms with Crippen molar-refractivity contribution in [2.45, 2.75) is 20.0 Å². The van der Waals surface area contributed by atoms with Gasteiger partial charge in [-0.25, -0.2) is 7.58 Å². The largest absolute Gasteiger partial charge is 0.352 e. The van der Waals surface area contributed by atoms with Gasteiger partial charge in [-0.1, -0.05) is 35.9 Å². The molecular weight excluding hydrogens is 441 g/mol. The minimum Gasteiger partial charge on any atom is -0.352 e. The third kappa shape index (κ3) is 3.34. The second kappa shape index (κ2) is 6.98. The molecule has 1 aromatic heterocycles. The summed E-state index contributed by atoms with van der Waals surface area (Å²) in [7, 11) is 0. The van der Waals surface area contributed by atoms with Crippen molar-refractivity contribution in [3.05, 3.63) is 69.1 Å². The third-order valence-electron chi connectivity index (χ3n) is 3.77. The van der Waals surface area contributed by atoms with Gasteiger partial charge in [0.1, 0.15) is 0 Å². The normalized spacial score (nSPS) is 11.0. The van der Waals surface area contributed by atoms with E-state index in [9.17, 15) is 9.59 Å². The molecule has 0 bridgehead atoms. The number of rotatable bonds is 4. The molecule has 1 amide bonds. The van der Waals surface area contributed by atoms with Crippen LogP contribution >= 0.6 is 34.5 Å². The van der Waals surface area contributed by atoms with Crippen molar-refractivity contribution in [2.75, 3.05) is 0 Å². The van der Waals surface area contributed by atoms with Crippen LogP contribution < -0.4 is 11.0 Å². The van der Waals surface area contributed by atoms with Gasteiger partial charge >= 0.3 is 5.69 Å². The summed E-state index contributed by atoms with van der Waals surface area (Å²) in [4.78, 5) is 23.5. The van der Waals surface area contributed by atoms with Crippen molar-refractivity contribution < 1.29 is 4.79 Å². The Morgan fingerprint density at radius 2 is 1.92 bits per heavy atom. The molecule has 0 aliphatic rings. The molecule has 1 heterocycles. The van der Waals surface area contributed by atoms with E-state index in [1.54, 1.807) is 7.35 Å². The average Bonchev–Trinajstić information content (AvgIpc) is 2.79. The van der Waals surface area contributed by atoms with Gasteiger partial charge in [-0.05, 0) is 29.3 Å². The number of halogens is 2. The van der Waals surface area contributed by atoms with Gasteiger partial charge in [0.25, 0.3) is 0 Å². The molecule has 0 atom stereocenters. The molecule has 3 aromatic rings. The first-order valence-electron chi connectivity index (χ1n) is 7.35. The molecule has 3 rings (SSSR count). The maximum absolute atomic E-state index is 12.5. The molecule has 7 heteroatoms. The number of hydrogen-bond donors (Lipinski definition) is 1. The smallest absolute Gasteiger partial charge is 0.338 e. The van der Waals surface area contributed by atoms with Gasteiger partial charge in [0.2, 0.25) is 5.91 Å². The first kappa shape index (κ1) is 17.0. The molecule has 1 N–H and O–H groups in total. The predicted octanol–water partition coefficient (Wildman–Crippen LogP) is 3.34. The topological polar surface area (TPSA) is 56.0 Å². The first-order valence-corrected chi connectivity index (χ1v) is 8.70. The summed E-state index contributed by atoms with van der Waals surface area (Å²) < 4.78 is 3.33. The van der Waals surface area contributed by atoms with E-state index in [0.717, 1.165) is 22.2 Å². The van der Waals surface area contributed by atoms with Crippen LogP contribution in [0, 0.1) is 0 Å². The lowest BCUT2D eigenvalue weighted by atomic mass is 10.1. The SMILES string of the molecule is CC(=O)NCc1ccc(Cn2c(=O)n(I)c3ccccc32)cc1Cl. The van der Waals surface area contributed by atoms with Crippen LogP contribution in [0.5, 0.6) is 0 Å². The van der Waals surface area contributed by atoms with Gasteiger partial charge in [0, 0.05) is 18.5 Å². The molecule has 0 aliphatic carbocycles. The first-order chi connectivity index (χ1) is 11.5. The van der Waals surface area contributed by atoms with Crippen molar-refractivity contribution in [3.8, 4) is 0 Å². The van der Waals surface area contributed by atoms with E-state index in [1.165, 1.54) is 6.92 Å². The number of nitrogens with zero attached hydrogens (tertiary/aromatic N) is 2. The minimum atomic E-state index is -0.100. The fourth-order valence-corrected chi connectivity index (χ4v) is 3.50. The van der Waals surface area contributed by atoms with E-state index < -0.39 is 0 Å². The molecule has 0 saturated carbocycles. The molecular formula is C17H15ClIN3O2. The van der Waals surface area contributed by atoms with Gasteiger partial charge < -0.3 is 5.32 Å². The summed E-state index contributed by atoms with van der Waals surface area (Å²) in [6.45, 7) is 2.30. The van der Waals surface area contributed by atoms with Crippen molar-refractivity contribution >= 4 is 51.4 Å². The maximum Gasteiger partial charge on any atom is 0.338 e. The number of amides is 1. The molecule has 124 valence electrons. The van der Waals surface area contributed by atoms with Crippen molar-refractivity contribution in [2.24, 2.45) is 0 Å². The Hall–Kier alpha value is -1.80. The van der Waals surface area contributed by atoms with Crippen LogP contribution in [0.15, 0.2) is 47.3 Å². The molecule has 0 fully saturated rings. The lowest BCUT2D eigenvalue weighted by Crippen LogP contribution is -2.21. The summed E-state index contributed by atoms with van der Waals surface area (Å²) >= 11 is 8.31. The average molecular weight is 456 g/mol. The summed E-state index contributed by atoms with van der Waals surface area (Å²) in [5.41, 5.74) is 3.47. The van der Waals surface area contributed by atoms with E-state index in [2.05, 4.69) is 5.32 Å². The Labute approximate surface area is 157 Å². The zero-order valence-corrected chi connectivity index (χ0v) is 15.8. The molecule has 2 aromatic carbocycles. The van der Waals surface area contributed by atoms with Crippen molar-refractivity contribution in [1.82, 2.24) is 12.7 Å². The van der Waals surface area contributed by atoms with E-state index in [0.29, 0.717) is 18.1 Å².